The maximum atomic E-state index is 15.3. The molecule has 0 aliphatic carbocycles. The Bertz CT molecular complexity index is 1310. The standard InChI is InChI=1S/C26H31F3N4O4S2/c1-26(10-4-5-11-37-26)25(34)32-39(35,36)20-12-17(14-30)24(21(28)13-20)31-23(22(29)15-33(2)3)16-38-19-8-6-18(27)7-9-19/h6-9,12-13,22-23,31H,4-5,10-11,15-16H2,1-3H3,(H,32,34)/t22-,23+,26-/m1/s1. The normalized spacial score (nSPS) is 19.2. The number of anilines is 1. The van der Waals surface area contributed by atoms with Gasteiger partial charge in [0.15, 0.2) is 0 Å². The highest BCUT2D eigenvalue weighted by atomic mass is 32.2. The first-order chi connectivity index (χ1) is 18.3. The summed E-state index contributed by atoms with van der Waals surface area (Å²) in [7, 11) is -1.20. The summed E-state index contributed by atoms with van der Waals surface area (Å²) < 4.78 is 77.0. The van der Waals surface area contributed by atoms with Crippen LogP contribution in [-0.2, 0) is 19.6 Å². The molecule has 0 aromatic heterocycles. The summed E-state index contributed by atoms with van der Waals surface area (Å²) in [6.45, 7) is 1.78. The van der Waals surface area contributed by atoms with Crippen molar-refractivity contribution in [1.29, 1.82) is 5.26 Å². The van der Waals surface area contributed by atoms with Crippen molar-refractivity contribution in [3.05, 3.63) is 53.6 Å². The van der Waals surface area contributed by atoms with Gasteiger partial charge in [-0.25, -0.2) is 26.3 Å². The lowest BCUT2D eigenvalue weighted by molar-refractivity contribution is -0.148. The van der Waals surface area contributed by atoms with Crippen molar-refractivity contribution in [2.24, 2.45) is 0 Å². The number of thioether (sulfide) groups is 1. The molecule has 0 radical (unpaired) electrons. The number of rotatable bonds is 11. The minimum atomic E-state index is -4.54. The molecule has 39 heavy (non-hydrogen) atoms. The van der Waals surface area contributed by atoms with E-state index in [-0.39, 0.29) is 23.5 Å². The molecule has 1 amide bonds. The first kappa shape index (κ1) is 30.7. The van der Waals surface area contributed by atoms with Crippen molar-refractivity contribution >= 4 is 33.4 Å². The third-order valence-electron chi connectivity index (χ3n) is 6.22. The molecule has 0 bridgehead atoms. The summed E-state index contributed by atoms with van der Waals surface area (Å²) in [6.07, 6.45) is 0.252. The van der Waals surface area contributed by atoms with E-state index in [9.17, 15) is 22.9 Å². The number of sulfonamides is 1. The average Bonchev–Trinajstić information content (AvgIpc) is 2.87. The monoisotopic (exact) mass is 584 g/mol. The lowest BCUT2D eigenvalue weighted by Gasteiger charge is -2.32. The lowest BCUT2D eigenvalue weighted by Crippen LogP contribution is -2.50. The number of ether oxygens (including phenoxy) is 1. The topological polar surface area (TPSA) is 112 Å². The van der Waals surface area contributed by atoms with Crippen LogP contribution in [0.2, 0.25) is 0 Å². The van der Waals surface area contributed by atoms with Crippen LogP contribution in [0, 0.1) is 23.0 Å². The number of nitrogens with one attached hydrogen (secondary N) is 2. The fourth-order valence-corrected chi connectivity index (χ4v) is 6.09. The van der Waals surface area contributed by atoms with Crippen LogP contribution in [0.4, 0.5) is 18.9 Å². The molecule has 0 spiro atoms. The molecule has 8 nitrogen and oxygen atoms in total. The molecule has 1 aliphatic heterocycles. The highest BCUT2D eigenvalue weighted by molar-refractivity contribution is 7.99. The summed E-state index contributed by atoms with van der Waals surface area (Å²) >= 11 is 1.21. The van der Waals surface area contributed by atoms with E-state index in [4.69, 9.17) is 4.74 Å². The predicted molar refractivity (Wildman–Crippen MR) is 143 cm³/mol. The second-order valence-corrected chi connectivity index (χ2v) is 12.5. The molecule has 2 N–H and O–H groups in total. The van der Waals surface area contributed by atoms with E-state index in [0.717, 1.165) is 12.5 Å². The molecule has 2 aromatic rings. The van der Waals surface area contributed by atoms with Gasteiger partial charge in [0, 0.05) is 23.8 Å². The Balaban J connectivity index is 1.85. The average molecular weight is 585 g/mol. The zero-order chi connectivity index (χ0) is 28.8. The number of hydrogen-bond acceptors (Lipinski definition) is 8. The van der Waals surface area contributed by atoms with Gasteiger partial charge in [-0.15, -0.1) is 11.8 Å². The minimum Gasteiger partial charge on any atom is -0.375 e. The van der Waals surface area contributed by atoms with E-state index < -0.39 is 50.3 Å². The molecule has 13 heteroatoms. The van der Waals surface area contributed by atoms with Crippen molar-refractivity contribution in [2.45, 2.75) is 53.8 Å². The number of nitriles is 1. The van der Waals surface area contributed by atoms with Gasteiger partial charge < -0.3 is 15.0 Å². The molecule has 0 unspecified atom stereocenters. The van der Waals surface area contributed by atoms with Crippen molar-refractivity contribution in [3.8, 4) is 6.07 Å². The molecule has 1 aliphatic rings. The number of hydrogen-bond donors (Lipinski definition) is 2. The second-order valence-electron chi connectivity index (χ2n) is 9.70. The van der Waals surface area contributed by atoms with Crippen LogP contribution >= 0.6 is 11.8 Å². The van der Waals surface area contributed by atoms with Crippen LogP contribution in [0.3, 0.4) is 0 Å². The van der Waals surface area contributed by atoms with E-state index in [0.29, 0.717) is 30.4 Å². The zero-order valence-electron chi connectivity index (χ0n) is 21.8. The molecule has 3 atom stereocenters. The Kier molecular flexibility index (Phi) is 10.3. The number of carbonyl (C=O) groups is 1. The van der Waals surface area contributed by atoms with Gasteiger partial charge in [0.25, 0.3) is 15.9 Å². The fraction of sp³-hybridized carbons (Fsp3) is 0.462. The first-order valence-electron chi connectivity index (χ1n) is 12.2. The lowest BCUT2D eigenvalue weighted by atomic mass is 9.95. The van der Waals surface area contributed by atoms with Crippen LogP contribution in [0.15, 0.2) is 46.2 Å². The minimum absolute atomic E-state index is 0.00944. The van der Waals surface area contributed by atoms with Gasteiger partial charge in [-0.1, -0.05) is 0 Å². The maximum Gasteiger partial charge on any atom is 0.265 e. The van der Waals surface area contributed by atoms with Gasteiger partial charge in [-0.05, 0) is 76.7 Å². The number of alkyl halides is 1. The van der Waals surface area contributed by atoms with E-state index in [1.165, 1.54) is 43.0 Å². The van der Waals surface area contributed by atoms with Crippen LogP contribution in [-0.4, -0.2) is 70.0 Å². The van der Waals surface area contributed by atoms with Gasteiger partial charge in [0.05, 0.1) is 22.2 Å². The molecule has 1 fully saturated rings. The van der Waals surface area contributed by atoms with Crippen LogP contribution < -0.4 is 10.0 Å². The second kappa shape index (κ2) is 13.0. The Morgan fingerprint density at radius 3 is 2.51 bits per heavy atom. The number of amides is 1. The number of nitrogens with zero attached hydrogens (tertiary/aromatic N) is 2. The molecule has 1 heterocycles. The Morgan fingerprint density at radius 1 is 1.23 bits per heavy atom. The number of carbonyl (C=O) groups excluding carboxylic acids is 1. The Hall–Kier alpha value is -2.79. The summed E-state index contributed by atoms with van der Waals surface area (Å²) in [6, 6.07) is 7.96. The van der Waals surface area contributed by atoms with Gasteiger partial charge in [-0.3, -0.25) is 4.79 Å². The van der Waals surface area contributed by atoms with Crippen molar-refractivity contribution in [1.82, 2.24) is 9.62 Å². The van der Waals surface area contributed by atoms with E-state index in [2.05, 4.69) is 5.32 Å². The van der Waals surface area contributed by atoms with Crippen molar-refractivity contribution in [2.75, 3.05) is 38.3 Å². The number of halogens is 3. The number of benzene rings is 2. The maximum absolute atomic E-state index is 15.3. The van der Waals surface area contributed by atoms with Crippen LogP contribution in [0.25, 0.3) is 0 Å². The predicted octanol–water partition coefficient (Wildman–Crippen LogP) is 4.07. The van der Waals surface area contributed by atoms with Gasteiger partial charge in [-0.2, -0.15) is 5.26 Å². The molecule has 2 aromatic carbocycles. The summed E-state index contributed by atoms with van der Waals surface area (Å²) in [5.41, 5.74) is -2.09. The Labute approximate surface area is 230 Å². The quantitative estimate of drug-likeness (QED) is 0.381. The molecule has 0 saturated carbocycles. The molecule has 3 rings (SSSR count). The van der Waals surface area contributed by atoms with Crippen LogP contribution in [0.1, 0.15) is 31.7 Å². The third-order valence-corrected chi connectivity index (χ3v) is 8.66. The first-order valence-corrected chi connectivity index (χ1v) is 14.7. The highest BCUT2D eigenvalue weighted by Gasteiger charge is 2.38. The summed E-state index contributed by atoms with van der Waals surface area (Å²) in [5.74, 6) is -2.31. The SMILES string of the molecule is CN(C)C[C@@H](F)[C@H](CSc1ccc(F)cc1)Nc1c(F)cc(S(=O)(=O)NC(=O)[C@@]2(C)CCCCO2)cc1C#N. The van der Waals surface area contributed by atoms with Gasteiger partial charge in [0.1, 0.15) is 29.5 Å². The van der Waals surface area contributed by atoms with Crippen molar-refractivity contribution in [3.63, 3.8) is 0 Å². The molecule has 212 valence electrons. The molecular weight excluding hydrogens is 553 g/mol. The largest absolute Gasteiger partial charge is 0.375 e. The van der Waals surface area contributed by atoms with Crippen LogP contribution in [0.5, 0.6) is 0 Å². The zero-order valence-corrected chi connectivity index (χ0v) is 23.5. The van der Waals surface area contributed by atoms with Crippen molar-refractivity contribution < 1.29 is 31.1 Å². The van der Waals surface area contributed by atoms with E-state index >= 15 is 8.78 Å². The summed E-state index contributed by atoms with van der Waals surface area (Å²) in [4.78, 5) is 14.3. The smallest absolute Gasteiger partial charge is 0.265 e. The van der Waals surface area contributed by atoms with E-state index in [1.54, 1.807) is 25.1 Å². The van der Waals surface area contributed by atoms with Gasteiger partial charge >= 0.3 is 0 Å². The molecular formula is C26H31F3N4O4S2. The molecule has 1 saturated heterocycles. The fourth-order valence-electron chi connectivity index (χ4n) is 3.99. The van der Waals surface area contributed by atoms with E-state index in [1.807, 2.05) is 4.72 Å². The highest BCUT2D eigenvalue weighted by Crippen LogP contribution is 2.29. The Morgan fingerprint density at radius 2 is 1.92 bits per heavy atom. The third kappa shape index (κ3) is 8.11. The summed E-state index contributed by atoms with van der Waals surface area (Å²) in [5, 5.41) is 12.4. The van der Waals surface area contributed by atoms with Gasteiger partial charge in [0.2, 0.25) is 0 Å².